The second-order valence-corrected chi connectivity index (χ2v) is 8.11. The van der Waals surface area contributed by atoms with Gasteiger partial charge in [-0.1, -0.05) is 89.2 Å². The number of rotatable bonds is 0. The smallest absolute Gasteiger partial charge is 0.0990 e. The first-order chi connectivity index (χ1) is 12.4. The van der Waals surface area contributed by atoms with Crippen molar-refractivity contribution in [2.45, 2.75) is 102 Å². The molecular weight excluding hydrogens is 304 g/mol. The van der Waals surface area contributed by atoms with Crippen molar-refractivity contribution in [1.82, 2.24) is 0 Å². The van der Waals surface area contributed by atoms with E-state index in [1.807, 2.05) is 0 Å². The van der Waals surface area contributed by atoms with Gasteiger partial charge >= 0.3 is 0 Å². The van der Waals surface area contributed by atoms with Gasteiger partial charge in [0.2, 0.25) is 0 Å². The standard InChI is InChI=1S/C23H38N2/c1-2-4-6-8-10-12-16-20-25-22-18-15-14-17-21(22)24-23(25)19-13-11-9-7-5-3-1/h14-15,17-18,23-24H,1-13,16,19-20H2. The molecule has 2 heterocycles. The molecule has 3 rings (SSSR count). The summed E-state index contributed by atoms with van der Waals surface area (Å²) in [5.41, 5.74) is 2.78. The summed E-state index contributed by atoms with van der Waals surface area (Å²) < 4.78 is 0. The molecule has 1 saturated heterocycles. The van der Waals surface area contributed by atoms with Crippen molar-refractivity contribution in [1.29, 1.82) is 0 Å². The van der Waals surface area contributed by atoms with Gasteiger partial charge in [-0.15, -0.1) is 0 Å². The predicted octanol–water partition coefficient (Wildman–Crippen LogP) is 7.11. The minimum absolute atomic E-state index is 0.524. The Morgan fingerprint density at radius 2 is 1.16 bits per heavy atom. The molecule has 0 aliphatic carbocycles. The van der Waals surface area contributed by atoms with E-state index >= 15 is 0 Å². The molecular formula is C23H38N2. The van der Waals surface area contributed by atoms with Gasteiger partial charge in [0.1, 0.15) is 0 Å². The van der Waals surface area contributed by atoms with Crippen molar-refractivity contribution in [2.75, 3.05) is 16.8 Å². The van der Waals surface area contributed by atoms with Crippen molar-refractivity contribution in [3.8, 4) is 0 Å². The summed E-state index contributed by atoms with van der Waals surface area (Å²) in [4.78, 5) is 2.65. The van der Waals surface area contributed by atoms with E-state index < -0.39 is 0 Å². The molecule has 1 aromatic rings. The predicted molar refractivity (Wildman–Crippen MR) is 110 cm³/mol. The number of nitrogens with one attached hydrogen (secondary N) is 1. The highest BCUT2D eigenvalue weighted by molar-refractivity contribution is 5.75. The van der Waals surface area contributed by atoms with Crippen LogP contribution < -0.4 is 10.2 Å². The summed E-state index contributed by atoms with van der Waals surface area (Å²) in [6, 6.07) is 8.90. The monoisotopic (exact) mass is 342 g/mol. The lowest BCUT2D eigenvalue weighted by molar-refractivity contribution is 0.504. The van der Waals surface area contributed by atoms with Crippen molar-refractivity contribution in [3.05, 3.63) is 24.3 Å². The summed E-state index contributed by atoms with van der Waals surface area (Å²) in [5.74, 6) is 0. The zero-order chi connectivity index (χ0) is 17.2. The molecule has 2 aliphatic heterocycles. The molecule has 0 spiro atoms. The van der Waals surface area contributed by atoms with Crippen molar-refractivity contribution in [2.24, 2.45) is 0 Å². The minimum atomic E-state index is 0.524. The van der Waals surface area contributed by atoms with Crippen molar-refractivity contribution < 1.29 is 0 Å². The Balaban J connectivity index is 1.52. The van der Waals surface area contributed by atoms with Crippen LogP contribution in [0.1, 0.15) is 96.3 Å². The molecule has 25 heavy (non-hydrogen) atoms. The molecule has 0 amide bonds. The fourth-order valence-electron chi connectivity index (χ4n) is 4.52. The lowest BCUT2D eigenvalue weighted by Gasteiger charge is -2.27. The van der Waals surface area contributed by atoms with Crippen LogP contribution >= 0.6 is 0 Å². The van der Waals surface area contributed by atoms with E-state index in [0.29, 0.717) is 6.17 Å². The Labute approximate surface area is 155 Å². The molecule has 2 aliphatic rings. The summed E-state index contributed by atoms with van der Waals surface area (Å²) in [5, 5.41) is 3.78. The molecule has 0 bridgehead atoms. The SMILES string of the molecule is c1ccc2c(c1)NC1CCCCCCCCCCCCCCCCN21. The quantitative estimate of drug-likeness (QED) is 0.540. The first kappa shape index (κ1) is 18.6. The average molecular weight is 343 g/mol. The molecule has 0 aromatic heterocycles. The number of para-hydroxylation sites is 2. The Kier molecular flexibility index (Phi) is 7.99. The van der Waals surface area contributed by atoms with E-state index in [-0.39, 0.29) is 0 Å². The van der Waals surface area contributed by atoms with Gasteiger partial charge < -0.3 is 10.2 Å². The van der Waals surface area contributed by atoms with E-state index in [1.54, 1.807) is 0 Å². The molecule has 1 aromatic carbocycles. The molecule has 0 saturated carbocycles. The highest BCUT2D eigenvalue weighted by Gasteiger charge is 2.27. The van der Waals surface area contributed by atoms with E-state index in [1.165, 1.54) is 114 Å². The van der Waals surface area contributed by atoms with Gasteiger partial charge in [-0.2, -0.15) is 0 Å². The molecule has 1 fully saturated rings. The maximum absolute atomic E-state index is 3.78. The third kappa shape index (κ3) is 5.94. The number of nitrogens with zero attached hydrogens (tertiary/aromatic N) is 1. The molecule has 140 valence electrons. The van der Waals surface area contributed by atoms with Gasteiger partial charge in [-0.25, -0.2) is 0 Å². The minimum Gasteiger partial charge on any atom is -0.364 e. The van der Waals surface area contributed by atoms with E-state index in [0.717, 1.165) is 0 Å². The zero-order valence-corrected chi connectivity index (χ0v) is 16.1. The Morgan fingerprint density at radius 1 is 0.640 bits per heavy atom. The maximum atomic E-state index is 3.78. The highest BCUT2D eigenvalue weighted by atomic mass is 15.3. The third-order valence-corrected chi connectivity index (χ3v) is 6.04. The molecule has 2 heteroatoms. The van der Waals surface area contributed by atoms with Crippen LogP contribution in [-0.4, -0.2) is 12.7 Å². The first-order valence-electron chi connectivity index (χ1n) is 11.1. The van der Waals surface area contributed by atoms with E-state index in [9.17, 15) is 0 Å². The number of fused-ring (bicyclic) bond motifs is 3. The van der Waals surface area contributed by atoms with Gasteiger partial charge in [0.15, 0.2) is 0 Å². The van der Waals surface area contributed by atoms with Gasteiger partial charge in [0.25, 0.3) is 0 Å². The van der Waals surface area contributed by atoms with Crippen LogP contribution in [-0.2, 0) is 0 Å². The van der Waals surface area contributed by atoms with Crippen molar-refractivity contribution in [3.63, 3.8) is 0 Å². The Bertz CT molecular complexity index is 485. The largest absolute Gasteiger partial charge is 0.364 e. The van der Waals surface area contributed by atoms with Crippen LogP contribution in [0.15, 0.2) is 24.3 Å². The molecule has 1 N–H and O–H groups in total. The van der Waals surface area contributed by atoms with E-state index in [4.69, 9.17) is 0 Å². The maximum Gasteiger partial charge on any atom is 0.0990 e. The van der Waals surface area contributed by atoms with Crippen molar-refractivity contribution >= 4 is 11.4 Å². The first-order valence-corrected chi connectivity index (χ1v) is 11.1. The summed E-state index contributed by atoms with van der Waals surface area (Å²) >= 11 is 0. The second kappa shape index (κ2) is 10.7. The number of benzene rings is 1. The van der Waals surface area contributed by atoms with Crippen LogP contribution in [0.25, 0.3) is 0 Å². The zero-order valence-electron chi connectivity index (χ0n) is 16.1. The lowest BCUT2D eigenvalue weighted by atomic mass is 10.0. The second-order valence-electron chi connectivity index (χ2n) is 8.11. The van der Waals surface area contributed by atoms with Crippen LogP contribution in [0.2, 0.25) is 0 Å². The third-order valence-electron chi connectivity index (χ3n) is 6.04. The summed E-state index contributed by atoms with van der Waals surface area (Å²) in [6.07, 6.45) is 21.8. The summed E-state index contributed by atoms with van der Waals surface area (Å²) in [6.45, 7) is 1.22. The van der Waals surface area contributed by atoms with Gasteiger partial charge in [0, 0.05) is 6.54 Å². The topological polar surface area (TPSA) is 15.3 Å². The van der Waals surface area contributed by atoms with Gasteiger partial charge in [0.05, 0.1) is 17.5 Å². The summed E-state index contributed by atoms with van der Waals surface area (Å²) in [7, 11) is 0. The van der Waals surface area contributed by atoms with E-state index in [2.05, 4.69) is 34.5 Å². The lowest BCUT2D eigenvalue weighted by Crippen LogP contribution is -2.36. The normalized spacial score (nSPS) is 24.5. The van der Waals surface area contributed by atoms with Gasteiger partial charge in [-0.3, -0.25) is 0 Å². The Morgan fingerprint density at radius 3 is 1.80 bits per heavy atom. The molecule has 0 radical (unpaired) electrons. The number of anilines is 2. The Hall–Kier alpha value is -1.18. The highest BCUT2D eigenvalue weighted by Crippen LogP contribution is 2.36. The number of hydrogen-bond acceptors (Lipinski definition) is 2. The van der Waals surface area contributed by atoms with Gasteiger partial charge in [-0.05, 0) is 31.4 Å². The molecule has 1 atom stereocenters. The van der Waals surface area contributed by atoms with Crippen LogP contribution in [0, 0.1) is 0 Å². The molecule has 2 nitrogen and oxygen atoms in total. The van der Waals surface area contributed by atoms with Crippen LogP contribution in [0.4, 0.5) is 11.4 Å². The van der Waals surface area contributed by atoms with Crippen LogP contribution in [0.5, 0.6) is 0 Å². The molecule has 1 unspecified atom stereocenters. The fourth-order valence-corrected chi connectivity index (χ4v) is 4.52. The number of hydrogen-bond donors (Lipinski definition) is 1. The van der Waals surface area contributed by atoms with Crippen LogP contribution in [0.3, 0.4) is 0 Å². The average Bonchev–Trinajstić information content (AvgIpc) is 2.98. The fraction of sp³-hybridized carbons (Fsp3) is 0.739.